The zero-order valence-electron chi connectivity index (χ0n) is 11.0. The van der Waals surface area contributed by atoms with Gasteiger partial charge in [0.25, 0.3) is 0 Å². The first-order chi connectivity index (χ1) is 9.29. The molecule has 2 aromatic rings. The smallest absolute Gasteiger partial charge is 0.138 e. The molecule has 3 nitrogen and oxygen atoms in total. The number of thioether (sulfide) groups is 1. The Labute approximate surface area is 117 Å². The van der Waals surface area contributed by atoms with Gasteiger partial charge in [0.15, 0.2) is 0 Å². The van der Waals surface area contributed by atoms with Crippen molar-refractivity contribution in [2.24, 2.45) is 0 Å². The number of benzene rings is 1. The largest absolute Gasteiger partial charge is 0.384 e. The van der Waals surface area contributed by atoms with Gasteiger partial charge in [-0.05, 0) is 24.5 Å². The second-order valence-corrected chi connectivity index (χ2v) is 6.17. The van der Waals surface area contributed by atoms with Crippen LogP contribution in [0, 0.1) is 0 Å². The molecule has 1 N–H and O–H groups in total. The van der Waals surface area contributed by atoms with E-state index in [4.69, 9.17) is 0 Å². The van der Waals surface area contributed by atoms with Gasteiger partial charge < -0.3 is 9.67 Å². The van der Waals surface area contributed by atoms with E-state index < -0.39 is 6.10 Å². The molecule has 1 aromatic carbocycles. The summed E-state index contributed by atoms with van der Waals surface area (Å²) in [5, 5.41) is 10.8. The Kier molecular flexibility index (Phi) is 3.62. The van der Waals surface area contributed by atoms with Crippen molar-refractivity contribution < 1.29 is 5.11 Å². The minimum Gasteiger partial charge on any atom is -0.384 e. The highest BCUT2D eigenvalue weighted by Gasteiger charge is 2.31. The molecule has 2 unspecified atom stereocenters. The molecule has 4 heteroatoms. The molecule has 2 heterocycles. The number of aliphatic hydroxyl groups is 1. The van der Waals surface area contributed by atoms with Crippen LogP contribution in [0.3, 0.4) is 0 Å². The molecule has 1 aromatic heterocycles. The van der Waals surface area contributed by atoms with E-state index in [-0.39, 0.29) is 5.25 Å². The molecule has 0 radical (unpaired) electrons. The van der Waals surface area contributed by atoms with Gasteiger partial charge in [-0.15, -0.1) is 11.8 Å². The van der Waals surface area contributed by atoms with Crippen LogP contribution < -0.4 is 0 Å². The number of aryl methyl sites for hydroxylation is 1. The lowest BCUT2D eigenvalue weighted by atomic mass is 10.1. The Morgan fingerprint density at radius 3 is 3.11 bits per heavy atom. The first-order valence-electron chi connectivity index (χ1n) is 6.73. The Balaban J connectivity index is 1.79. The van der Waals surface area contributed by atoms with E-state index in [1.807, 2.05) is 6.20 Å². The molecule has 3 rings (SSSR count). The lowest BCUT2D eigenvalue weighted by Crippen LogP contribution is -2.19. The van der Waals surface area contributed by atoms with Crippen LogP contribution in [0.1, 0.15) is 30.8 Å². The maximum atomic E-state index is 10.6. The van der Waals surface area contributed by atoms with E-state index in [0.29, 0.717) is 0 Å². The van der Waals surface area contributed by atoms with E-state index in [2.05, 4.69) is 40.7 Å². The van der Waals surface area contributed by atoms with E-state index in [1.165, 1.54) is 10.5 Å². The maximum Gasteiger partial charge on any atom is 0.138 e. The van der Waals surface area contributed by atoms with Gasteiger partial charge in [0.2, 0.25) is 0 Å². The van der Waals surface area contributed by atoms with Gasteiger partial charge in [-0.1, -0.05) is 25.1 Å². The summed E-state index contributed by atoms with van der Waals surface area (Å²) in [6.45, 7) is 3.05. The number of hydrogen-bond acceptors (Lipinski definition) is 3. The lowest BCUT2D eigenvalue weighted by molar-refractivity contribution is 0.160. The molecular formula is C15H18N2OS. The van der Waals surface area contributed by atoms with Crippen molar-refractivity contribution in [1.82, 2.24) is 9.55 Å². The average Bonchev–Trinajstić information content (AvgIpc) is 3.04. The molecule has 100 valence electrons. The van der Waals surface area contributed by atoms with E-state index in [0.717, 1.165) is 25.2 Å². The number of fused-ring (bicyclic) bond motifs is 1. The fraction of sp³-hybridized carbons (Fsp3) is 0.400. The third-order valence-electron chi connectivity index (χ3n) is 3.50. The van der Waals surface area contributed by atoms with Crippen LogP contribution >= 0.6 is 11.8 Å². The Morgan fingerprint density at radius 2 is 2.32 bits per heavy atom. The van der Waals surface area contributed by atoms with Crippen LogP contribution in [0.25, 0.3) is 0 Å². The summed E-state index contributed by atoms with van der Waals surface area (Å²) < 4.78 is 2.06. The van der Waals surface area contributed by atoms with E-state index in [1.54, 1.807) is 18.0 Å². The fourth-order valence-electron chi connectivity index (χ4n) is 2.57. The number of aromatic nitrogens is 2. The molecule has 0 saturated carbocycles. The molecule has 1 aliphatic heterocycles. The normalized spacial score (nSPS) is 19.4. The van der Waals surface area contributed by atoms with Crippen LogP contribution in [-0.4, -0.2) is 19.9 Å². The first-order valence-corrected chi connectivity index (χ1v) is 7.61. The first kappa shape index (κ1) is 12.8. The molecular weight excluding hydrogens is 256 g/mol. The minimum absolute atomic E-state index is 0.176. The molecule has 0 spiro atoms. The van der Waals surface area contributed by atoms with E-state index in [9.17, 15) is 5.11 Å². The quantitative estimate of drug-likeness (QED) is 0.931. The summed E-state index contributed by atoms with van der Waals surface area (Å²) >= 11 is 1.77. The van der Waals surface area contributed by atoms with Gasteiger partial charge in [0, 0.05) is 29.1 Å². The summed E-state index contributed by atoms with van der Waals surface area (Å²) in [7, 11) is 0. The van der Waals surface area contributed by atoms with Crippen molar-refractivity contribution in [2.75, 3.05) is 0 Å². The van der Waals surface area contributed by atoms with Gasteiger partial charge >= 0.3 is 0 Å². The van der Waals surface area contributed by atoms with Crippen molar-refractivity contribution in [3.63, 3.8) is 0 Å². The van der Waals surface area contributed by atoms with Gasteiger partial charge in [-0.2, -0.15) is 0 Å². The lowest BCUT2D eigenvalue weighted by Gasteiger charge is -2.18. The van der Waals surface area contributed by atoms with Gasteiger partial charge in [-0.3, -0.25) is 0 Å². The number of rotatable bonds is 4. The van der Waals surface area contributed by atoms with Gasteiger partial charge in [0.05, 0.1) is 0 Å². The summed E-state index contributed by atoms with van der Waals surface area (Å²) in [6.07, 6.45) is 5.20. The Morgan fingerprint density at radius 1 is 1.47 bits per heavy atom. The minimum atomic E-state index is -0.501. The van der Waals surface area contributed by atoms with E-state index >= 15 is 0 Å². The SMILES string of the molecule is CCCn1ccnc1C(O)C1Cc2ccccc2S1. The van der Waals surface area contributed by atoms with Crippen LogP contribution in [-0.2, 0) is 13.0 Å². The van der Waals surface area contributed by atoms with Crippen molar-refractivity contribution in [3.8, 4) is 0 Å². The summed E-state index contributed by atoms with van der Waals surface area (Å²) in [5.41, 5.74) is 1.34. The molecule has 19 heavy (non-hydrogen) atoms. The molecule has 0 bridgehead atoms. The number of aliphatic hydroxyl groups excluding tert-OH is 1. The standard InChI is InChI=1S/C15H18N2OS/c1-2-8-17-9-7-16-15(17)14(18)13-10-11-5-3-4-6-12(11)19-13/h3-7,9,13-14,18H,2,8,10H2,1H3. The molecule has 2 atom stereocenters. The second-order valence-electron chi connectivity index (χ2n) is 4.89. The van der Waals surface area contributed by atoms with Gasteiger partial charge in [0.1, 0.15) is 11.9 Å². The zero-order chi connectivity index (χ0) is 13.2. The summed E-state index contributed by atoms with van der Waals surface area (Å²) in [4.78, 5) is 5.63. The predicted molar refractivity (Wildman–Crippen MR) is 77.3 cm³/mol. The Hall–Kier alpha value is -1.26. The number of imidazole rings is 1. The number of hydrogen-bond donors (Lipinski definition) is 1. The molecule has 0 fully saturated rings. The molecule has 0 saturated heterocycles. The second kappa shape index (κ2) is 5.39. The van der Waals surface area contributed by atoms with Crippen molar-refractivity contribution in [3.05, 3.63) is 48.0 Å². The van der Waals surface area contributed by atoms with Crippen molar-refractivity contribution in [2.45, 2.75) is 42.6 Å². The van der Waals surface area contributed by atoms with Crippen LogP contribution in [0.15, 0.2) is 41.6 Å². The predicted octanol–water partition coefficient (Wildman–Crippen LogP) is 3.04. The Bertz CT molecular complexity index is 542. The third-order valence-corrected chi connectivity index (χ3v) is 4.88. The third kappa shape index (κ3) is 2.42. The number of nitrogens with zero attached hydrogens (tertiary/aromatic N) is 2. The fourth-order valence-corrected chi connectivity index (χ4v) is 3.87. The zero-order valence-corrected chi connectivity index (χ0v) is 11.8. The molecule has 0 aliphatic carbocycles. The van der Waals surface area contributed by atoms with Crippen molar-refractivity contribution >= 4 is 11.8 Å². The topological polar surface area (TPSA) is 38.0 Å². The summed E-state index contributed by atoms with van der Waals surface area (Å²) in [5.74, 6) is 0.798. The monoisotopic (exact) mass is 274 g/mol. The van der Waals surface area contributed by atoms with Crippen molar-refractivity contribution in [1.29, 1.82) is 0 Å². The summed E-state index contributed by atoms with van der Waals surface area (Å²) in [6, 6.07) is 8.39. The average molecular weight is 274 g/mol. The highest BCUT2D eigenvalue weighted by Crippen LogP contribution is 2.42. The van der Waals surface area contributed by atoms with Crippen LogP contribution in [0.4, 0.5) is 0 Å². The maximum absolute atomic E-state index is 10.6. The van der Waals surface area contributed by atoms with Gasteiger partial charge in [-0.25, -0.2) is 4.98 Å². The molecule has 1 aliphatic rings. The van der Waals surface area contributed by atoms with Crippen LogP contribution in [0.5, 0.6) is 0 Å². The molecule has 0 amide bonds. The highest BCUT2D eigenvalue weighted by atomic mass is 32.2. The van der Waals surface area contributed by atoms with Crippen LogP contribution in [0.2, 0.25) is 0 Å². The highest BCUT2D eigenvalue weighted by molar-refractivity contribution is 8.00.